The van der Waals surface area contributed by atoms with Crippen LogP contribution in [0.25, 0.3) is 0 Å². The van der Waals surface area contributed by atoms with Gasteiger partial charge in [0.05, 0.1) is 6.61 Å². The van der Waals surface area contributed by atoms with Gasteiger partial charge in [-0.1, -0.05) is 18.6 Å². The monoisotopic (exact) mass is 237 g/mol. The van der Waals surface area contributed by atoms with Crippen LogP contribution in [0.15, 0.2) is 18.2 Å². The lowest BCUT2D eigenvalue weighted by Crippen LogP contribution is -2.35. The molecule has 0 aliphatic carbocycles. The van der Waals surface area contributed by atoms with E-state index in [1.807, 2.05) is 12.1 Å². The molecule has 1 atom stereocenters. The first kappa shape index (κ1) is 12.5. The third kappa shape index (κ3) is 3.51. The highest BCUT2D eigenvalue weighted by atomic mass is 19.1. The highest BCUT2D eigenvalue weighted by molar-refractivity contribution is 5.24. The number of benzene rings is 1. The van der Waals surface area contributed by atoms with Gasteiger partial charge < -0.3 is 10.1 Å². The summed E-state index contributed by atoms with van der Waals surface area (Å²) in [6.07, 6.45) is 4.66. The number of hydrogen-bond donors (Lipinski definition) is 1. The van der Waals surface area contributed by atoms with Gasteiger partial charge >= 0.3 is 0 Å². The predicted molar refractivity (Wildman–Crippen MR) is 66.5 cm³/mol. The molecule has 1 unspecified atom stereocenters. The molecule has 0 radical (unpaired) electrons. The van der Waals surface area contributed by atoms with Crippen molar-refractivity contribution in [1.82, 2.24) is 5.32 Å². The van der Waals surface area contributed by atoms with Crippen molar-refractivity contribution in [3.63, 3.8) is 0 Å². The number of methoxy groups -OCH3 is 1. The van der Waals surface area contributed by atoms with E-state index in [4.69, 9.17) is 4.74 Å². The molecule has 0 amide bonds. The number of piperidine rings is 1. The Morgan fingerprint density at radius 3 is 2.94 bits per heavy atom. The molecule has 0 spiro atoms. The van der Waals surface area contributed by atoms with E-state index in [0.29, 0.717) is 18.2 Å². The molecule has 0 bridgehead atoms. The van der Waals surface area contributed by atoms with E-state index in [2.05, 4.69) is 5.32 Å². The van der Waals surface area contributed by atoms with Crippen LogP contribution in [-0.4, -0.2) is 19.7 Å². The number of ether oxygens (including phenoxy) is 1. The van der Waals surface area contributed by atoms with E-state index < -0.39 is 0 Å². The Kier molecular flexibility index (Phi) is 4.51. The van der Waals surface area contributed by atoms with Gasteiger partial charge in [0.2, 0.25) is 0 Å². The van der Waals surface area contributed by atoms with Gasteiger partial charge in [0.25, 0.3) is 0 Å². The Hall–Kier alpha value is -0.930. The standard InChI is InChI=1S/C14H20FNO/c1-17-10-12-6-5-11(9-14(12)15)8-13-4-2-3-7-16-13/h5-6,9,13,16H,2-4,7-8,10H2,1H3. The Labute approximate surface area is 102 Å². The summed E-state index contributed by atoms with van der Waals surface area (Å²) < 4.78 is 18.6. The van der Waals surface area contributed by atoms with Crippen LogP contribution < -0.4 is 5.32 Å². The molecule has 1 aliphatic heterocycles. The van der Waals surface area contributed by atoms with Gasteiger partial charge in [0, 0.05) is 18.7 Å². The number of hydrogen-bond acceptors (Lipinski definition) is 2. The number of nitrogens with one attached hydrogen (secondary N) is 1. The molecule has 0 saturated carbocycles. The molecule has 0 aromatic heterocycles. The zero-order chi connectivity index (χ0) is 12.1. The highest BCUT2D eigenvalue weighted by Crippen LogP contribution is 2.16. The summed E-state index contributed by atoms with van der Waals surface area (Å²) in [5.41, 5.74) is 1.70. The summed E-state index contributed by atoms with van der Waals surface area (Å²) in [7, 11) is 1.58. The van der Waals surface area contributed by atoms with Gasteiger partial charge in [-0.2, -0.15) is 0 Å². The third-order valence-electron chi connectivity index (χ3n) is 3.31. The minimum atomic E-state index is -0.153. The second-order valence-corrected chi connectivity index (χ2v) is 4.71. The molecule has 1 fully saturated rings. The molecule has 2 rings (SSSR count). The SMILES string of the molecule is COCc1ccc(CC2CCCCN2)cc1F. The van der Waals surface area contributed by atoms with Crippen LogP contribution >= 0.6 is 0 Å². The van der Waals surface area contributed by atoms with Crippen molar-refractivity contribution in [2.75, 3.05) is 13.7 Å². The maximum atomic E-state index is 13.7. The molecule has 1 aromatic carbocycles. The fraction of sp³-hybridized carbons (Fsp3) is 0.571. The molecule has 1 saturated heterocycles. The lowest BCUT2D eigenvalue weighted by atomic mass is 9.97. The van der Waals surface area contributed by atoms with E-state index >= 15 is 0 Å². The topological polar surface area (TPSA) is 21.3 Å². The summed E-state index contributed by atoms with van der Waals surface area (Å²) in [5.74, 6) is -0.153. The zero-order valence-electron chi connectivity index (χ0n) is 10.3. The smallest absolute Gasteiger partial charge is 0.128 e. The van der Waals surface area contributed by atoms with Crippen LogP contribution in [0, 0.1) is 5.82 Å². The van der Waals surface area contributed by atoms with Crippen LogP contribution in [0.3, 0.4) is 0 Å². The predicted octanol–water partition coefficient (Wildman–Crippen LogP) is 2.66. The summed E-state index contributed by atoms with van der Waals surface area (Å²) in [5, 5.41) is 3.48. The second kappa shape index (κ2) is 6.12. The van der Waals surface area contributed by atoms with Gasteiger partial charge in [-0.05, 0) is 37.4 Å². The van der Waals surface area contributed by atoms with Gasteiger partial charge in [0.15, 0.2) is 0 Å². The van der Waals surface area contributed by atoms with Crippen molar-refractivity contribution in [1.29, 1.82) is 0 Å². The first-order chi connectivity index (χ1) is 8.29. The fourth-order valence-electron chi connectivity index (χ4n) is 2.37. The quantitative estimate of drug-likeness (QED) is 0.869. The van der Waals surface area contributed by atoms with E-state index in [1.165, 1.54) is 19.3 Å². The number of rotatable bonds is 4. The Bertz CT molecular complexity index is 361. The number of halogens is 1. The molecule has 3 heteroatoms. The molecule has 1 N–H and O–H groups in total. The normalized spacial score (nSPS) is 20.5. The molecule has 17 heavy (non-hydrogen) atoms. The van der Waals surface area contributed by atoms with Gasteiger partial charge in [-0.25, -0.2) is 4.39 Å². The molecule has 2 nitrogen and oxygen atoms in total. The van der Waals surface area contributed by atoms with E-state index in [1.54, 1.807) is 13.2 Å². The average Bonchev–Trinajstić information content (AvgIpc) is 2.34. The Morgan fingerprint density at radius 1 is 1.41 bits per heavy atom. The van der Waals surface area contributed by atoms with Crippen LogP contribution in [0.2, 0.25) is 0 Å². The first-order valence-corrected chi connectivity index (χ1v) is 6.29. The minimum Gasteiger partial charge on any atom is -0.380 e. The maximum Gasteiger partial charge on any atom is 0.128 e. The highest BCUT2D eigenvalue weighted by Gasteiger charge is 2.13. The van der Waals surface area contributed by atoms with E-state index in [0.717, 1.165) is 18.5 Å². The van der Waals surface area contributed by atoms with E-state index in [-0.39, 0.29) is 5.82 Å². The van der Waals surface area contributed by atoms with Crippen molar-refractivity contribution in [2.45, 2.75) is 38.3 Å². The summed E-state index contributed by atoms with van der Waals surface area (Å²) >= 11 is 0. The lowest BCUT2D eigenvalue weighted by molar-refractivity contribution is 0.181. The Balaban J connectivity index is 1.98. The van der Waals surface area contributed by atoms with Crippen molar-refractivity contribution in [3.05, 3.63) is 35.1 Å². The van der Waals surface area contributed by atoms with Crippen molar-refractivity contribution in [3.8, 4) is 0 Å². The van der Waals surface area contributed by atoms with Crippen molar-refractivity contribution >= 4 is 0 Å². The van der Waals surface area contributed by atoms with E-state index in [9.17, 15) is 4.39 Å². The van der Waals surface area contributed by atoms with Crippen LogP contribution in [0.1, 0.15) is 30.4 Å². The minimum absolute atomic E-state index is 0.153. The average molecular weight is 237 g/mol. The van der Waals surface area contributed by atoms with Crippen molar-refractivity contribution in [2.24, 2.45) is 0 Å². The zero-order valence-corrected chi connectivity index (χ0v) is 10.3. The van der Waals surface area contributed by atoms with Gasteiger partial charge in [-0.15, -0.1) is 0 Å². The van der Waals surface area contributed by atoms with Crippen LogP contribution in [0.4, 0.5) is 4.39 Å². The maximum absolute atomic E-state index is 13.7. The molecular formula is C14H20FNO. The van der Waals surface area contributed by atoms with Crippen LogP contribution in [-0.2, 0) is 17.8 Å². The largest absolute Gasteiger partial charge is 0.380 e. The molecular weight excluding hydrogens is 217 g/mol. The summed E-state index contributed by atoms with van der Waals surface area (Å²) in [6, 6.07) is 5.99. The molecule has 1 heterocycles. The van der Waals surface area contributed by atoms with Crippen molar-refractivity contribution < 1.29 is 9.13 Å². The first-order valence-electron chi connectivity index (χ1n) is 6.29. The summed E-state index contributed by atoms with van der Waals surface area (Å²) in [4.78, 5) is 0. The molecule has 1 aromatic rings. The van der Waals surface area contributed by atoms with Gasteiger partial charge in [0.1, 0.15) is 5.82 Å². The van der Waals surface area contributed by atoms with Crippen LogP contribution in [0.5, 0.6) is 0 Å². The third-order valence-corrected chi connectivity index (χ3v) is 3.31. The fourth-order valence-corrected chi connectivity index (χ4v) is 2.37. The molecule has 1 aliphatic rings. The molecule has 94 valence electrons. The summed E-state index contributed by atoms with van der Waals surface area (Å²) in [6.45, 7) is 1.43. The Morgan fingerprint density at radius 2 is 2.29 bits per heavy atom. The van der Waals surface area contributed by atoms with Gasteiger partial charge in [-0.3, -0.25) is 0 Å². The lowest BCUT2D eigenvalue weighted by Gasteiger charge is -2.23. The second-order valence-electron chi connectivity index (χ2n) is 4.71.